The molecule has 102 valence electrons. The molecule has 0 spiro atoms. The average Bonchev–Trinajstić information content (AvgIpc) is 2.74. The first-order valence-corrected chi connectivity index (χ1v) is 6.12. The van der Waals surface area contributed by atoms with Crippen LogP contribution in [-0.4, -0.2) is 30.9 Å². The lowest BCUT2D eigenvalue weighted by Gasteiger charge is -2.09. The van der Waals surface area contributed by atoms with Crippen LogP contribution in [0.25, 0.3) is 10.9 Å². The van der Waals surface area contributed by atoms with Gasteiger partial charge in [-0.2, -0.15) is 0 Å². The number of hydrogen-bond acceptors (Lipinski definition) is 3. The average molecular weight is 265 g/mol. The lowest BCUT2D eigenvalue weighted by Crippen LogP contribution is -2.14. The zero-order valence-electron chi connectivity index (χ0n) is 11.0. The van der Waals surface area contributed by atoms with Gasteiger partial charge in [0, 0.05) is 24.6 Å². The largest absolute Gasteiger partial charge is 0.461 e. The maximum absolute atomic E-state index is 13.2. The molecule has 1 aromatic heterocycles. The molecule has 0 fully saturated rings. The molecule has 2 rings (SSSR count). The van der Waals surface area contributed by atoms with E-state index in [1.165, 1.54) is 12.1 Å². The van der Waals surface area contributed by atoms with Gasteiger partial charge in [0.2, 0.25) is 0 Å². The third kappa shape index (κ3) is 2.76. The van der Waals surface area contributed by atoms with Crippen molar-refractivity contribution in [3.63, 3.8) is 0 Å². The quantitative estimate of drug-likeness (QED) is 0.780. The molecule has 0 aliphatic rings. The maximum Gasteiger partial charge on any atom is 0.354 e. The van der Waals surface area contributed by atoms with Crippen LogP contribution in [0.2, 0.25) is 0 Å². The molecule has 0 saturated carbocycles. The zero-order valence-corrected chi connectivity index (χ0v) is 11.0. The van der Waals surface area contributed by atoms with E-state index in [1.54, 1.807) is 30.7 Å². The van der Waals surface area contributed by atoms with Crippen LogP contribution in [-0.2, 0) is 16.0 Å². The molecule has 0 saturated heterocycles. The maximum atomic E-state index is 13.2. The highest BCUT2D eigenvalue weighted by molar-refractivity contribution is 5.95. The fourth-order valence-electron chi connectivity index (χ4n) is 2.04. The molecule has 19 heavy (non-hydrogen) atoms. The summed E-state index contributed by atoms with van der Waals surface area (Å²) in [4.78, 5) is 11.9. The molecule has 0 amide bonds. The first-order valence-electron chi connectivity index (χ1n) is 6.12. The summed E-state index contributed by atoms with van der Waals surface area (Å²) in [5.41, 5.74) is 1.21. The number of benzene rings is 1. The fraction of sp³-hybridized carbons (Fsp3) is 0.357. The molecule has 0 aliphatic carbocycles. The standard InChI is InChI=1S/C14H16FNO3/c1-3-19-14(17)13-9-10-8-11(15)4-5-12(10)16(13)6-7-18-2/h4-5,8-9H,3,6-7H2,1-2H3. The van der Waals surface area contributed by atoms with Crippen molar-refractivity contribution in [2.75, 3.05) is 20.3 Å². The number of fused-ring (bicyclic) bond motifs is 1. The molecular formula is C14H16FNO3. The van der Waals surface area contributed by atoms with Crippen molar-refractivity contribution in [3.05, 3.63) is 35.8 Å². The first-order chi connectivity index (χ1) is 9.17. The SMILES string of the molecule is CCOC(=O)c1cc2cc(F)ccc2n1CCOC. The summed E-state index contributed by atoms with van der Waals surface area (Å²) in [5, 5.41) is 0.680. The second-order valence-corrected chi connectivity index (χ2v) is 4.10. The monoisotopic (exact) mass is 265 g/mol. The predicted octanol–water partition coefficient (Wildman–Crippen LogP) is 2.60. The van der Waals surface area contributed by atoms with Gasteiger partial charge in [-0.15, -0.1) is 0 Å². The Morgan fingerprint density at radius 3 is 2.84 bits per heavy atom. The van der Waals surface area contributed by atoms with E-state index in [9.17, 15) is 9.18 Å². The highest BCUT2D eigenvalue weighted by Crippen LogP contribution is 2.21. The Morgan fingerprint density at radius 2 is 2.16 bits per heavy atom. The van der Waals surface area contributed by atoms with Crippen LogP contribution in [0.1, 0.15) is 17.4 Å². The van der Waals surface area contributed by atoms with E-state index in [0.29, 0.717) is 30.8 Å². The van der Waals surface area contributed by atoms with E-state index in [1.807, 2.05) is 0 Å². The van der Waals surface area contributed by atoms with Crippen LogP contribution in [0.3, 0.4) is 0 Å². The van der Waals surface area contributed by atoms with Gasteiger partial charge in [-0.25, -0.2) is 9.18 Å². The lowest BCUT2D eigenvalue weighted by atomic mass is 10.2. The molecule has 0 bridgehead atoms. The summed E-state index contributed by atoms with van der Waals surface area (Å²) < 4.78 is 25.1. The highest BCUT2D eigenvalue weighted by Gasteiger charge is 2.16. The number of halogens is 1. The number of methoxy groups -OCH3 is 1. The number of esters is 1. The molecule has 0 unspecified atom stereocenters. The van der Waals surface area contributed by atoms with Crippen LogP contribution < -0.4 is 0 Å². The summed E-state index contributed by atoms with van der Waals surface area (Å²) in [7, 11) is 1.59. The van der Waals surface area contributed by atoms with Crippen molar-refractivity contribution in [2.24, 2.45) is 0 Å². The Balaban J connectivity index is 2.50. The van der Waals surface area contributed by atoms with Gasteiger partial charge < -0.3 is 14.0 Å². The van der Waals surface area contributed by atoms with Crippen molar-refractivity contribution < 1.29 is 18.7 Å². The van der Waals surface area contributed by atoms with E-state index in [2.05, 4.69) is 0 Å². The molecule has 1 heterocycles. The van der Waals surface area contributed by atoms with Gasteiger partial charge in [-0.1, -0.05) is 0 Å². The Kier molecular flexibility index (Phi) is 4.16. The van der Waals surface area contributed by atoms with Crippen molar-refractivity contribution in [1.29, 1.82) is 0 Å². The summed E-state index contributed by atoms with van der Waals surface area (Å²) in [6.07, 6.45) is 0. The van der Waals surface area contributed by atoms with Crippen LogP contribution in [0.5, 0.6) is 0 Å². The van der Waals surface area contributed by atoms with E-state index >= 15 is 0 Å². The summed E-state index contributed by atoms with van der Waals surface area (Å²) >= 11 is 0. The van der Waals surface area contributed by atoms with Crippen LogP contribution in [0.4, 0.5) is 4.39 Å². The predicted molar refractivity (Wildman–Crippen MR) is 69.7 cm³/mol. The van der Waals surface area contributed by atoms with Gasteiger partial charge in [0.05, 0.1) is 13.2 Å². The van der Waals surface area contributed by atoms with E-state index < -0.39 is 5.97 Å². The molecule has 2 aromatic rings. The van der Waals surface area contributed by atoms with Crippen molar-refractivity contribution in [1.82, 2.24) is 4.57 Å². The minimum atomic E-state index is -0.407. The zero-order chi connectivity index (χ0) is 13.8. The smallest absolute Gasteiger partial charge is 0.354 e. The minimum absolute atomic E-state index is 0.305. The Morgan fingerprint density at radius 1 is 1.37 bits per heavy atom. The van der Waals surface area contributed by atoms with Gasteiger partial charge in [0.25, 0.3) is 0 Å². The van der Waals surface area contributed by atoms with Gasteiger partial charge in [-0.3, -0.25) is 0 Å². The Labute approximate surface area is 110 Å². The van der Waals surface area contributed by atoms with Crippen LogP contribution in [0.15, 0.2) is 24.3 Å². The summed E-state index contributed by atoms with van der Waals surface area (Å²) in [6, 6.07) is 6.08. The van der Waals surface area contributed by atoms with E-state index in [0.717, 1.165) is 5.52 Å². The van der Waals surface area contributed by atoms with Crippen LogP contribution >= 0.6 is 0 Å². The topological polar surface area (TPSA) is 40.5 Å². The number of rotatable bonds is 5. The Hall–Kier alpha value is -1.88. The molecule has 0 aliphatic heterocycles. The van der Waals surface area contributed by atoms with E-state index in [-0.39, 0.29) is 5.82 Å². The number of aromatic nitrogens is 1. The van der Waals surface area contributed by atoms with Crippen molar-refractivity contribution >= 4 is 16.9 Å². The van der Waals surface area contributed by atoms with E-state index in [4.69, 9.17) is 9.47 Å². The normalized spacial score (nSPS) is 10.9. The number of hydrogen-bond donors (Lipinski definition) is 0. The number of nitrogens with zero attached hydrogens (tertiary/aromatic N) is 1. The van der Waals surface area contributed by atoms with Gasteiger partial charge in [-0.05, 0) is 31.2 Å². The molecule has 0 N–H and O–H groups in total. The first kappa shape index (κ1) is 13.5. The number of ether oxygens (including phenoxy) is 2. The van der Waals surface area contributed by atoms with Gasteiger partial charge in [0.1, 0.15) is 11.5 Å². The molecular weight excluding hydrogens is 249 g/mol. The van der Waals surface area contributed by atoms with Crippen molar-refractivity contribution in [3.8, 4) is 0 Å². The molecule has 0 atom stereocenters. The Bertz CT molecular complexity index is 592. The second kappa shape index (κ2) is 5.84. The molecule has 1 aromatic carbocycles. The van der Waals surface area contributed by atoms with Crippen LogP contribution in [0, 0.1) is 5.82 Å². The highest BCUT2D eigenvalue weighted by atomic mass is 19.1. The number of carbonyl (C=O) groups is 1. The fourth-order valence-corrected chi connectivity index (χ4v) is 2.04. The van der Waals surface area contributed by atoms with Gasteiger partial charge in [0.15, 0.2) is 0 Å². The molecule has 5 heteroatoms. The number of carbonyl (C=O) groups excluding carboxylic acids is 1. The summed E-state index contributed by atoms with van der Waals surface area (Å²) in [6.45, 7) is 3.03. The second-order valence-electron chi connectivity index (χ2n) is 4.10. The third-order valence-electron chi connectivity index (χ3n) is 2.87. The van der Waals surface area contributed by atoms with Gasteiger partial charge >= 0.3 is 5.97 Å². The third-order valence-corrected chi connectivity index (χ3v) is 2.87. The lowest BCUT2D eigenvalue weighted by molar-refractivity contribution is 0.0512. The minimum Gasteiger partial charge on any atom is -0.461 e. The molecule has 4 nitrogen and oxygen atoms in total. The van der Waals surface area contributed by atoms with Crippen molar-refractivity contribution in [2.45, 2.75) is 13.5 Å². The summed E-state index contributed by atoms with van der Waals surface area (Å²) in [5.74, 6) is -0.734. The molecule has 0 radical (unpaired) electrons.